The second-order valence-corrected chi connectivity index (χ2v) is 7.36. The summed E-state index contributed by atoms with van der Waals surface area (Å²) in [5.41, 5.74) is 7.43. The van der Waals surface area contributed by atoms with Crippen LogP contribution in [-0.2, 0) is 29.1 Å². The summed E-state index contributed by atoms with van der Waals surface area (Å²) in [6, 6.07) is 1.75. The number of likely N-dealkylation sites (tertiary alicyclic amines) is 1. The highest BCUT2D eigenvalue weighted by Gasteiger charge is 2.24. The van der Waals surface area contributed by atoms with Gasteiger partial charge in [-0.3, -0.25) is 19.2 Å². The van der Waals surface area contributed by atoms with Crippen LogP contribution in [0, 0.1) is 0 Å². The lowest BCUT2D eigenvalue weighted by Crippen LogP contribution is -2.42. The Bertz CT molecular complexity index is 651. The number of hydrogen-bond donors (Lipinski definition) is 2. The van der Waals surface area contributed by atoms with Gasteiger partial charge in [-0.25, -0.2) is 0 Å². The van der Waals surface area contributed by atoms with Crippen molar-refractivity contribution in [2.75, 3.05) is 19.6 Å². The van der Waals surface area contributed by atoms with Gasteiger partial charge >= 0.3 is 0 Å². The number of fused-ring (bicyclic) bond motifs is 1. The van der Waals surface area contributed by atoms with Gasteiger partial charge in [-0.2, -0.15) is 5.10 Å². The van der Waals surface area contributed by atoms with E-state index in [9.17, 15) is 14.7 Å². The minimum Gasteiger partial charge on any atom is -0.393 e. The minimum absolute atomic E-state index is 0.129. The van der Waals surface area contributed by atoms with Gasteiger partial charge in [0.2, 0.25) is 11.8 Å². The number of aryl methyl sites for hydroxylation is 2. The molecular weight excluding hydrogens is 334 g/mol. The Labute approximate surface area is 153 Å². The molecule has 1 fully saturated rings. The second kappa shape index (κ2) is 8.18. The summed E-state index contributed by atoms with van der Waals surface area (Å²) < 4.78 is 1.99. The lowest BCUT2D eigenvalue weighted by Gasteiger charge is -2.29. The number of hydrogen-bond acceptors (Lipinski definition) is 5. The molecule has 1 aromatic rings. The maximum Gasteiger partial charge on any atom is 0.234 e. The number of primary amides is 1. The molecule has 8 nitrogen and oxygen atoms in total. The van der Waals surface area contributed by atoms with E-state index in [1.807, 2.05) is 22.6 Å². The highest BCUT2D eigenvalue weighted by atomic mass is 16.3. The number of nitrogens with two attached hydrogens (primary N) is 1. The fraction of sp³-hybridized carbons (Fsp3) is 0.722. The first-order valence-electron chi connectivity index (χ1n) is 9.49. The molecule has 0 aliphatic carbocycles. The third kappa shape index (κ3) is 4.42. The number of nitrogens with zero attached hydrogens (tertiary/aromatic N) is 4. The van der Waals surface area contributed by atoms with Crippen LogP contribution < -0.4 is 5.73 Å². The topological polar surface area (TPSA) is 105 Å². The first kappa shape index (κ1) is 18.8. The van der Waals surface area contributed by atoms with Gasteiger partial charge in [-0.15, -0.1) is 0 Å². The molecule has 3 N–H and O–H groups in total. The Kier molecular flexibility index (Phi) is 5.93. The van der Waals surface area contributed by atoms with Crippen molar-refractivity contribution in [3.8, 4) is 0 Å². The van der Waals surface area contributed by atoms with E-state index in [0.29, 0.717) is 45.3 Å². The van der Waals surface area contributed by atoms with Crippen LogP contribution in [-0.4, -0.2) is 68.3 Å². The fourth-order valence-electron chi connectivity index (χ4n) is 3.69. The van der Waals surface area contributed by atoms with Gasteiger partial charge in [0.05, 0.1) is 23.5 Å². The van der Waals surface area contributed by atoms with Crippen LogP contribution in [0.3, 0.4) is 0 Å². The predicted octanol–water partition coefficient (Wildman–Crippen LogP) is -0.121. The summed E-state index contributed by atoms with van der Waals surface area (Å²) in [6.45, 7) is 5.40. The van der Waals surface area contributed by atoms with E-state index in [2.05, 4.69) is 10.00 Å². The van der Waals surface area contributed by atoms with E-state index >= 15 is 0 Å². The third-order valence-corrected chi connectivity index (χ3v) is 5.47. The highest BCUT2D eigenvalue weighted by Crippen LogP contribution is 2.17. The zero-order valence-corrected chi connectivity index (χ0v) is 15.4. The van der Waals surface area contributed by atoms with Gasteiger partial charge in [0.1, 0.15) is 0 Å². The Hall–Kier alpha value is -1.93. The van der Waals surface area contributed by atoms with Crippen molar-refractivity contribution in [3.63, 3.8) is 0 Å². The molecule has 3 rings (SSSR count). The van der Waals surface area contributed by atoms with E-state index in [0.717, 1.165) is 30.9 Å². The maximum atomic E-state index is 12.3. The number of amides is 2. The molecule has 8 heteroatoms. The summed E-state index contributed by atoms with van der Waals surface area (Å²) in [5.74, 6) is -0.181. The number of carbonyl (C=O) groups excluding carboxylic acids is 2. The summed E-state index contributed by atoms with van der Waals surface area (Å²) in [5, 5.41) is 14.2. The van der Waals surface area contributed by atoms with Gasteiger partial charge in [0.15, 0.2) is 0 Å². The number of aliphatic hydroxyl groups is 1. The monoisotopic (exact) mass is 363 g/mol. The van der Waals surface area contributed by atoms with E-state index in [1.54, 1.807) is 0 Å². The second-order valence-electron chi connectivity index (χ2n) is 7.36. The van der Waals surface area contributed by atoms with Crippen molar-refractivity contribution < 1.29 is 14.7 Å². The first-order chi connectivity index (χ1) is 12.4. The fourth-order valence-corrected chi connectivity index (χ4v) is 3.69. The van der Waals surface area contributed by atoms with Crippen molar-refractivity contribution in [3.05, 3.63) is 17.5 Å². The van der Waals surface area contributed by atoms with Crippen molar-refractivity contribution in [2.24, 2.45) is 5.73 Å². The smallest absolute Gasteiger partial charge is 0.234 e. The van der Waals surface area contributed by atoms with Crippen LogP contribution in [0.15, 0.2) is 6.07 Å². The van der Waals surface area contributed by atoms with Gasteiger partial charge in [-0.1, -0.05) is 0 Å². The molecule has 3 heterocycles. The molecule has 0 radical (unpaired) electrons. The molecule has 26 heavy (non-hydrogen) atoms. The average molecular weight is 363 g/mol. The number of aromatic nitrogens is 2. The standard InChI is InChI=1S/C18H29N5O3/c1-13(18(19)26)22-7-2-8-23-15(12-22)11-14(20-23)3-4-17(25)21-9-5-16(24)6-10-21/h11,13,16,24H,2-10,12H2,1H3,(H2,19,26). The van der Waals surface area contributed by atoms with Gasteiger partial charge in [0, 0.05) is 45.6 Å². The molecule has 1 saturated heterocycles. The normalized spacial score (nSPS) is 20.5. The summed E-state index contributed by atoms with van der Waals surface area (Å²) >= 11 is 0. The lowest BCUT2D eigenvalue weighted by atomic mass is 10.1. The van der Waals surface area contributed by atoms with Crippen LogP contribution in [0.4, 0.5) is 0 Å². The molecule has 0 saturated carbocycles. The number of piperidine rings is 1. The highest BCUT2D eigenvalue weighted by molar-refractivity contribution is 5.79. The molecule has 0 bridgehead atoms. The van der Waals surface area contributed by atoms with Gasteiger partial charge in [0.25, 0.3) is 0 Å². The van der Waals surface area contributed by atoms with Crippen LogP contribution in [0.5, 0.6) is 0 Å². The number of aliphatic hydroxyl groups excluding tert-OH is 1. The summed E-state index contributed by atoms with van der Waals surface area (Å²) in [4.78, 5) is 27.7. The average Bonchev–Trinajstić information content (AvgIpc) is 2.89. The van der Waals surface area contributed by atoms with E-state index in [1.165, 1.54) is 0 Å². The number of rotatable bonds is 5. The zero-order chi connectivity index (χ0) is 18.7. The quantitative estimate of drug-likeness (QED) is 0.759. The van der Waals surface area contributed by atoms with Crippen LogP contribution in [0.2, 0.25) is 0 Å². The first-order valence-corrected chi connectivity index (χ1v) is 9.49. The summed E-state index contributed by atoms with van der Waals surface area (Å²) in [6.07, 6.45) is 3.03. The van der Waals surface area contributed by atoms with Crippen molar-refractivity contribution in [1.82, 2.24) is 19.6 Å². The van der Waals surface area contributed by atoms with Gasteiger partial charge in [-0.05, 0) is 32.3 Å². The summed E-state index contributed by atoms with van der Waals surface area (Å²) in [7, 11) is 0. The van der Waals surface area contributed by atoms with Crippen LogP contribution >= 0.6 is 0 Å². The van der Waals surface area contributed by atoms with E-state index < -0.39 is 0 Å². The molecule has 0 spiro atoms. The Morgan fingerprint density at radius 2 is 2.04 bits per heavy atom. The molecule has 1 unspecified atom stereocenters. The maximum absolute atomic E-state index is 12.3. The predicted molar refractivity (Wildman–Crippen MR) is 96.1 cm³/mol. The molecule has 1 atom stereocenters. The Balaban J connectivity index is 1.57. The molecule has 1 aromatic heterocycles. The molecular formula is C18H29N5O3. The van der Waals surface area contributed by atoms with E-state index in [-0.39, 0.29) is 24.0 Å². The van der Waals surface area contributed by atoms with Crippen molar-refractivity contribution >= 4 is 11.8 Å². The van der Waals surface area contributed by atoms with E-state index in [4.69, 9.17) is 5.73 Å². The molecule has 144 valence electrons. The molecule has 2 amide bonds. The van der Waals surface area contributed by atoms with Crippen LogP contribution in [0.25, 0.3) is 0 Å². The van der Waals surface area contributed by atoms with Crippen LogP contribution in [0.1, 0.15) is 44.0 Å². The Morgan fingerprint density at radius 1 is 1.31 bits per heavy atom. The van der Waals surface area contributed by atoms with Crippen molar-refractivity contribution in [1.29, 1.82) is 0 Å². The molecule has 0 aromatic carbocycles. The molecule has 2 aliphatic rings. The SMILES string of the molecule is CC(C(N)=O)N1CCCn2nc(CCC(=O)N3CCC(O)CC3)cc2C1. The van der Waals surface area contributed by atoms with Crippen molar-refractivity contribution in [2.45, 2.75) is 64.3 Å². The lowest BCUT2D eigenvalue weighted by molar-refractivity contribution is -0.133. The largest absolute Gasteiger partial charge is 0.393 e. The van der Waals surface area contributed by atoms with Gasteiger partial charge < -0.3 is 15.7 Å². The minimum atomic E-state index is -0.310. The number of carbonyl (C=O) groups is 2. The third-order valence-electron chi connectivity index (χ3n) is 5.47. The zero-order valence-electron chi connectivity index (χ0n) is 15.4. The molecule has 2 aliphatic heterocycles. The Morgan fingerprint density at radius 3 is 2.73 bits per heavy atom.